The van der Waals surface area contributed by atoms with Gasteiger partial charge in [0.15, 0.2) is 0 Å². The number of amides is 1. The van der Waals surface area contributed by atoms with Gasteiger partial charge in [-0.25, -0.2) is 0 Å². The van der Waals surface area contributed by atoms with Crippen LogP contribution >= 0.6 is 0 Å². The second-order valence-corrected chi connectivity index (χ2v) is 5.14. The molecule has 0 aliphatic carbocycles. The molecule has 0 saturated carbocycles. The molecule has 1 unspecified atom stereocenters. The average Bonchev–Trinajstić information content (AvgIpc) is 2.85. The summed E-state index contributed by atoms with van der Waals surface area (Å²) < 4.78 is 0. The molecule has 0 bridgehead atoms. The maximum atomic E-state index is 11.5. The molecule has 0 spiro atoms. The largest absolute Gasteiger partial charge is 0.341 e. The number of rotatable bonds is 5. The molecule has 2 rings (SSSR count). The molecule has 1 fully saturated rings. The molecular formula is C13H22N4O. The van der Waals surface area contributed by atoms with Gasteiger partial charge in [0.05, 0.1) is 5.69 Å². The summed E-state index contributed by atoms with van der Waals surface area (Å²) in [5.74, 6) is 0.291. The minimum atomic E-state index is 0.291. The number of aromatic nitrogens is 2. The highest BCUT2D eigenvalue weighted by Crippen LogP contribution is 2.11. The summed E-state index contributed by atoms with van der Waals surface area (Å²) in [4.78, 5) is 13.5. The van der Waals surface area contributed by atoms with Gasteiger partial charge >= 0.3 is 0 Å². The van der Waals surface area contributed by atoms with E-state index in [1.807, 2.05) is 18.7 Å². The molecule has 2 N–H and O–H groups in total. The number of nitrogens with one attached hydrogen (secondary N) is 2. The van der Waals surface area contributed by atoms with Crippen LogP contribution in [0.5, 0.6) is 0 Å². The number of hydrogen-bond donors (Lipinski definition) is 2. The molecule has 1 aliphatic heterocycles. The van der Waals surface area contributed by atoms with Gasteiger partial charge in [-0.15, -0.1) is 0 Å². The van der Waals surface area contributed by atoms with E-state index in [2.05, 4.69) is 22.4 Å². The highest BCUT2D eigenvalue weighted by Gasteiger charge is 2.21. The van der Waals surface area contributed by atoms with Crippen molar-refractivity contribution in [3.05, 3.63) is 17.0 Å². The normalized spacial score (nSPS) is 17.5. The van der Waals surface area contributed by atoms with E-state index in [9.17, 15) is 4.79 Å². The Morgan fingerprint density at radius 3 is 2.83 bits per heavy atom. The van der Waals surface area contributed by atoms with E-state index < -0.39 is 0 Å². The summed E-state index contributed by atoms with van der Waals surface area (Å²) in [7, 11) is 0. The van der Waals surface area contributed by atoms with Crippen LogP contribution in [0.1, 0.15) is 36.7 Å². The van der Waals surface area contributed by atoms with Gasteiger partial charge < -0.3 is 10.2 Å². The molecule has 1 atom stereocenters. The molecule has 0 aromatic carbocycles. The third-order valence-electron chi connectivity index (χ3n) is 3.57. The minimum Gasteiger partial charge on any atom is -0.341 e. The lowest BCUT2D eigenvalue weighted by Gasteiger charge is -2.21. The first-order chi connectivity index (χ1) is 8.58. The van der Waals surface area contributed by atoms with Crippen LogP contribution in [-0.2, 0) is 11.3 Å². The van der Waals surface area contributed by atoms with Crippen LogP contribution in [-0.4, -0.2) is 40.1 Å². The molecule has 100 valence electrons. The fourth-order valence-electron chi connectivity index (χ4n) is 2.40. The molecule has 1 amide bonds. The zero-order chi connectivity index (χ0) is 13.1. The molecule has 2 heterocycles. The number of likely N-dealkylation sites (tertiary alicyclic amines) is 1. The number of carbonyl (C=O) groups is 1. The Morgan fingerprint density at radius 1 is 1.50 bits per heavy atom. The third-order valence-corrected chi connectivity index (χ3v) is 3.57. The smallest absolute Gasteiger partial charge is 0.222 e. The lowest BCUT2D eigenvalue weighted by molar-refractivity contribution is -0.127. The predicted octanol–water partition coefficient (Wildman–Crippen LogP) is 1.13. The predicted molar refractivity (Wildman–Crippen MR) is 70.2 cm³/mol. The van der Waals surface area contributed by atoms with Crippen LogP contribution in [0.2, 0.25) is 0 Å². The van der Waals surface area contributed by atoms with Crippen molar-refractivity contribution in [2.75, 3.05) is 13.1 Å². The quantitative estimate of drug-likeness (QED) is 0.823. The molecule has 1 aliphatic rings. The Labute approximate surface area is 108 Å². The first-order valence-corrected chi connectivity index (χ1v) is 6.59. The van der Waals surface area contributed by atoms with E-state index >= 15 is 0 Å². The Balaban J connectivity index is 1.81. The van der Waals surface area contributed by atoms with Crippen molar-refractivity contribution in [1.29, 1.82) is 0 Å². The summed E-state index contributed by atoms with van der Waals surface area (Å²) >= 11 is 0. The second-order valence-electron chi connectivity index (χ2n) is 5.14. The van der Waals surface area contributed by atoms with Gasteiger partial charge in [-0.1, -0.05) is 0 Å². The highest BCUT2D eigenvalue weighted by molar-refractivity contribution is 5.78. The van der Waals surface area contributed by atoms with Crippen LogP contribution in [0, 0.1) is 13.8 Å². The van der Waals surface area contributed by atoms with Crippen LogP contribution in [0.25, 0.3) is 0 Å². The van der Waals surface area contributed by atoms with Gasteiger partial charge in [-0.3, -0.25) is 9.89 Å². The van der Waals surface area contributed by atoms with Gasteiger partial charge in [-0.05, 0) is 27.2 Å². The van der Waals surface area contributed by atoms with Crippen LogP contribution in [0.15, 0.2) is 0 Å². The molecule has 1 saturated heterocycles. The molecule has 5 heteroatoms. The summed E-state index contributed by atoms with van der Waals surface area (Å²) in [5, 5.41) is 10.6. The van der Waals surface area contributed by atoms with Gasteiger partial charge in [0.2, 0.25) is 5.91 Å². The standard InChI is InChI=1S/C13H22N4O/c1-9(8-17-6-4-5-13(17)18)14-7-12-10(2)15-16-11(12)3/h9,14H,4-8H2,1-3H3,(H,15,16). The number of aromatic amines is 1. The Kier molecular flexibility index (Phi) is 4.01. The summed E-state index contributed by atoms with van der Waals surface area (Å²) in [6.07, 6.45) is 1.72. The van der Waals surface area contributed by atoms with Crippen molar-refractivity contribution in [2.24, 2.45) is 0 Å². The van der Waals surface area contributed by atoms with E-state index in [-0.39, 0.29) is 0 Å². The van der Waals surface area contributed by atoms with Crippen molar-refractivity contribution < 1.29 is 4.79 Å². The van der Waals surface area contributed by atoms with Gasteiger partial charge in [0.25, 0.3) is 0 Å². The van der Waals surface area contributed by atoms with Gasteiger partial charge in [0.1, 0.15) is 0 Å². The van der Waals surface area contributed by atoms with Crippen LogP contribution in [0.3, 0.4) is 0 Å². The van der Waals surface area contributed by atoms with Gasteiger partial charge in [0, 0.05) is 43.4 Å². The monoisotopic (exact) mass is 250 g/mol. The zero-order valence-electron chi connectivity index (χ0n) is 11.4. The average molecular weight is 250 g/mol. The van der Waals surface area contributed by atoms with Gasteiger partial charge in [-0.2, -0.15) is 5.10 Å². The molecule has 1 aromatic rings. The van der Waals surface area contributed by atoms with Crippen molar-refractivity contribution in [2.45, 2.75) is 46.2 Å². The summed E-state index contributed by atoms with van der Waals surface area (Å²) in [6.45, 7) is 8.68. The molecule has 18 heavy (non-hydrogen) atoms. The first kappa shape index (κ1) is 13.1. The molecule has 0 radical (unpaired) electrons. The Bertz CT molecular complexity index is 407. The number of H-pyrrole nitrogens is 1. The summed E-state index contributed by atoms with van der Waals surface area (Å²) in [5.41, 5.74) is 3.39. The van der Waals surface area contributed by atoms with Crippen molar-refractivity contribution in [3.63, 3.8) is 0 Å². The topological polar surface area (TPSA) is 61.0 Å². The number of carbonyl (C=O) groups excluding carboxylic acids is 1. The lowest BCUT2D eigenvalue weighted by atomic mass is 10.2. The van der Waals surface area contributed by atoms with Crippen molar-refractivity contribution in [3.8, 4) is 0 Å². The maximum absolute atomic E-state index is 11.5. The fourth-order valence-corrected chi connectivity index (χ4v) is 2.40. The first-order valence-electron chi connectivity index (χ1n) is 6.59. The van der Waals surface area contributed by atoms with E-state index in [0.29, 0.717) is 18.4 Å². The van der Waals surface area contributed by atoms with Crippen LogP contribution < -0.4 is 5.32 Å². The highest BCUT2D eigenvalue weighted by atomic mass is 16.2. The van der Waals surface area contributed by atoms with E-state index in [1.165, 1.54) is 5.56 Å². The van der Waals surface area contributed by atoms with Crippen molar-refractivity contribution >= 4 is 5.91 Å². The number of nitrogens with zero attached hydrogens (tertiary/aromatic N) is 2. The van der Waals surface area contributed by atoms with Crippen molar-refractivity contribution in [1.82, 2.24) is 20.4 Å². The fraction of sp³-hybridized carbons (Fsp3) is 0.692. The zero-order valence-corrected chi connectivity index (χ0v) is 11.4. The molecule has 5 nitrogen and oxygen atoms in total. The SMILES string of the molecule is Cc1n[nH]c(C)c1CNC(C)CN1CCCC1=O. The van der Waals surface area contributed by atoms with E-state index in [0.717, 1.165) is 37.4 Å². The second kappa shape index (κ2) is 5.52. The third kappa shape index (κ3) is 2.90. The Hall–Kier alpha value is -1.36. The summed E-state index contributed by atoms with van der Waals surface area (Å²) in [6, 6.07) is 0.306. The molecular weight excluding hydrogens is 228 g/mol. The number of hydrogen-bond acceptors (Lipinski definition) is 3. The maximum Gasteiger partial charge on any atom is 0.222 e. The number of aryl methyl sites for hydroxylation is 2. The van der Waals surface area contributed by atoms with E-state index in [1.54, 1.807) is 0 Å². The van der Waals surface area contributed by atoms with Crippen LogP contribution in [0.4, 0.5) is 0 Å². The van der Waals surface area contributed by atoms with E-state index in [4.69, 9.17) is 0 Å². The molecule has 1 aromatic heterocycles. The lowest BCUT2D eigenvalue weighted by Crippen LogP contribution is -2.39. The Morgan fingerprint density at radius 2 is 2.28 bits per heavy atom. The minimum absolute atomic E-state index is 0.291.